The maximum Gasteiger partial charge on any atom is 0.335 e. The number of benzene rings is 3. The van der Waals surface area contributed by atoms with Crippen molar-refractivity contribution in [2.45, 2.75) is 12.5 Å². The molecule has 1 N–H and O–H groups in total. The standard InChI is InChI=1S/C28H25Cl3N4O5/c1-33(2)18-11-12-23-19(14-18)26(37)35(28(39)34(23)3)17-9-7-16(8-10-17)13-22(27(38)40-15-29)32-25(36)24-20(30)5-4-6-21(24)31/h4-12,14,22H,13,15H2,1-3H3,(H,32,36)/t22-/m0/s1. The largest absolute Gasteiger partial charge is 0.448 e. The zero-order valence-corrected chi connectivity index (χ0v) is 24.0. The third kappa shape index (κ3) is 5.86. The molecular formula is C28H25Cl3N4O5. The summed E-state index contributed by atoms with van der Waals surface area (Å²) in [6, 6.07) is 14.9. The van der Waals surface area contributed by atoms with E-state index in [1.165, 1.54) is 16.7 Å². The lowest BCUT2D eigenvalue weighted by atomic mass is 10.0. The number of fused-ring (bicyclic) bond motifs is 1. The van der Waals surface area contributed by atoms with Crippen molar-refractivity contribution >= 4 is 63.3 Å². The first kappa shape index (κ1) is 29.2. The van der Waals surface area contributed by atoms with Crippen LogP contribution in [0.3, 0.4) is 0 Å². The van der Waals surface area contributed by atoms with Crippen LogP contribution in [0.2, 0.25) is 10.0 Å². The Morgan fingerprint density at radius 1 is 1.00 bits per heavy atom. The lowest BCUT2D eigenvalue weighted by Gasteiger charge is -2.18. The summed E-state index contributed by atoms with van der Waals surface area (Å²) < 4.78 is 7.43. The highest BCUT2D eigenvalue weighted by atomic mass is 35.5. The van der Waals surface area contributed by atoms with Crippen molar-refractivity contribution in [1.82, 2.24) is 14.5 Å². The number of carbonyl (C=O) groups excluding carboxylic acids is 2. The molecule has 1 aromatic heterocycles. The van der Waals surface area contributed by atoms with E-state index in [9.17, 15) is 19.2 Å². The predicted octanol–water partition coefficient (Wildman–Crippen LogP) is 4.14. The van der Waals surface area contributed by atoms with Crippen LogP contribution < -0.4 is 21.5 Å². The summed E-state index contributed by atoms with van der Waals surface area (Å²) in [5.41, 5.74) is 1.36. The highest BCUT2D eigenvalue weighted by Crippen LogP contribution is 2.24. The third-order valence-electron chi connectivity index (χ3n) is 6.38. The summed E-state index contributed by atoms with van der Waals surface area (Å²) in [7, 11) is 5.33. The Morgan fingerprint density at radius 2 is 1.65 bits per heavy atom. The number of rotatable bonds is 8. The summed E-state index contributed by atoms with van der Waals surface area (Å²) >= 11 is 17.9. The maximum atomic E-state index is 13.4. The normalized spacial score (nSPS) is 11.8. The quantitative estimate of drug-likeness (QED) is 0.240. The van der Waals surface area contributed by atoms with Crippen molar-refractivity contribution in [2.24, 2.45) is 7.05 Å². The van der Waals surface area contributed by atoms with Gasteiger partial charge in [0, 0.05) is 33.3 Å². The second-order valence-corrected chi connectivity index (χ2v) is 10.2. The number of esters is 1. The second kappa shape index (κ2) is 12.2. The van der Waals surface area contributed by atoms with E-state index in [-0.39, 0.29) is 22.0 Å². The second-order valence-electron chi connectivity index (χ2n) is 9.14. The Labute approximate surface area is 244 Å². The van der Waals surface area contributed by atoms with Gasteiger partial charge in [-0.05, 0) is 48.0 Å². The van der Waals surface area contributed by atoms with Crippen molar-refractivity contribution in [3.05, 3.63) is 103 Å². The number of anilines is 1. The van der Waals surface area contributed by atoms with Crippen LogP contribution in [0.15, 0.2) is 70.3 Å². The lowest BCUT2D eigenvalue weighted by molar-refractivity contribution is -0.143. The molecule has 0 bridgehead atoms. The number of aryl methyl sites for hydroxylation is 1. The van der Waals surface area contributed by atoms with Gasteiger partial charge < -0.3 is 15.0 Å². The smallest absolute Gasteiger partial charge is 0.335 e. The van der Waals surface area contributed by atoms with Crippen LogP contribution in [-0.4, -0.2) is 47.2 Å². The van der Waals surface area contributed by atoms with Crippen LogP contribution in [0.25, 0.3) is 16.6 Å². The number of amides is 1. The monoisotopic (exact) mass is 602 g/mol. The minimum atomic E-state index is -1.12. The molecule has 0 saturated carbocycles. The number of aromatic nitrogens is 2. The molecule has 0 unspecified atom stereocenters. The minimum Gasteiger partial charge on any atom is -0.448 e. The highest BCUT2D eigenvalue weighted by molar-refractivity contribution is 6.39. The summed E-state index contributed by atoms with van der Waals surface area (Å²) in [4.78, 5) is 53.9. The van der Waals surface area contributed by atoms with Gasteiger partial charge >= 0.3 is 11.7 Å². The van der Waals surface area contributed by atoms with Gasteiger partial charge in [0.2, 0.25) is 0 Å². The van der Waals surface area contributed by atoms with Gasteiger partial charge in [-0.1, -0.05) is 53.0 Å². The number of halogens is 3. The summed E-state index contributed by atoms with van der Waals surface area (Å²) in [6.07, 6.45) is 0.0284. The molecule has 0 spiro atoms. The Balaban J connectivity index is 1.66. The van der Waals surface area contributed by atoms with Crippen molar-refractivity contribution in [1.29, 1.82) is 0 Å². The fourth-order valence-corrected chi connectivity index (χ4v) is 4.94. The van der Waals surface area contributed by atoms with Crippen molar-refractivity contribution < 1.29 is 14.3 Å². The van der Waals surface area contributed by atoms with Gasteiger partial charge in [0.15, 0.2) is 6.07 Å². The third-order valence-corrected chi connectivity index (χ3v) is 7.12. The number of nitrogens with zero attached hydrogens (tertiary/aromatic N) is 3. The Kier molecular flexibility index (Phi) is 8.88. The van der Waals surface area contributed by atoms with E-state index in [4.69, 9.17) is 39.5 Å². The molecule has 4 rings (SSSR count). The number of alkyl halides is 1. The van der Waals surface area contributed by atoms with E-state index in [2.05, 4.69) is 5.32 Å². The average Bonchev–Trinajstić information content (AvgIpc) is 2.92. The van der Waals surface area contributed by atoms with Gasteiger partial charge in [-0.15, -0.1) is 0 Å². The van der Waals surface area contributed by atoms with Crippen molar-refractivity contribution in [3.63, 3.8) is 0 Å². The molecule has 1 heterocycles. The molecule has 0 aliphatic heterocycles. The number of hydrogen-bond donors (Lipinski definition) is 1. The van der Waals surface area contributed by atoms with Crippen LogP contribution in [0.4, 0.5) is 5.69 Å². The fourth-order valence-electron chi connectivity index (χ4n) is 4.26. The zero-order chi connectivity index (χ0) is 29.1. The summed E-state index contributed by atoms with van der Waals surface area (Å²) in [5, 5.41) is 3.24. The SMILES string of the molecule is CN(C)c1ccc2c(c1)c(=O)n(-c1ccc(C[C@H](NC(=O)c3c(Cl)cccc3Cl)C(=O)OCCl)cc1)c(=O)n2C. The molecule has 208 valence electrons. The minimum absolute atomic E-state index is 0.0220. The summed E-state index contributed by atoms with van der Waals surface area (Å²) in [6.45, 7) is 0. The van der Waals surface area contributed by atoms with E-state index >= 15 is 0 Å². The van der Waals surface area contributed by atoms with Crippen LogP contribution in [0.5, 0.6) is 0 Å². The molecule has 3 aromatic carbocycles. The molecule has 4 aromatic rings. The highest BCUT2D eigenvalue weighted by Gasteiger charge is 2.25. The van der Waals surface area contributed by atoms with Gasteiger partial charge in [-0.3, -0.25) is 14.2 Å². The molecule has 0 fully saturated rings. The fraction of sp³-hybridized carbons (Fsp3) is 0.214. The summed E-state index contributed by atoms with van der Waals surface area (Å²) in [5.74, 6) is -1.42. The molecule has 1 atom stereocenters. The molecule has 1 amide bonds. The first-order valence-electron chi connectivity index (χ1n) is 12.0. The van der Waals surface area contributed by atoms with Crippen molar-refractivity contribution in [2.75, 3.05) is 25.1 Å². The maximum absolute atomic E-state index is 13.4. The Bertz CT molecular complexity index is 1690. The number of carbonyl (C=O) groups is 2. The van der Waals surface area contributed by atoms with Crippen molar-refractivity contribution in [3.8, 4) is 5.69 Å². The number of nitrogens with one attached hydrogen (secondary N) is 1. The van der Waals surface area contributed by atoms with E-state index in [0.717, 1.165) is 10.3 Å². The molecule has 0 aliphatic rings. The van der Waals surface area contributed by atoms with Gasteiger partial charge in [0.25, 0.3) is 11.5 Å². The molecule has 0 radical (unpaired) electrons. The van der Waals surface area contributed by atoms with E-state index in [0.29, 0.717) is 22.2 Å². The number of ether oxygens (including phenoxy) is 1. The predicted molar refractivity (Wildman–Crippen MR) is 157 cm³/mol. The molecule has 40 heavy (non-hydrogen) atoms. The molecule has 9 nitrogen and oxygen atoms in total. The van der Waals surface area contributed by atoms with E-state index in [1.807, 2.05) is 25.1 Å². The molecular weight excluding hydrogens is 579 g/mol. The van der Waals surface area contributed by atoms with Gasteiger partial charge in [-0.25, -0.2) is 14.2 Å². The molecule has 0 saturated heterocycles. The Hall–Kier alpha value is -3.79. The Morgan fingerprint density at radius 3 is 2.25 bits per heavy atom. The first-order valence-corrected chi connectivity index (χ1v) is 13.3. The van der Waals surface area contributed by atoms with Gasteiger partial charge in [0.05, 0.1) is 32.2 Å². The number of hydrogen-bond acceptors (Lipinski definition) is 6. The van der Waals surface area contributed by atoms with Crippen LogP contribution >= 0.6 is 34.8 Å². The van der Waals surface area contributed by atoms with Crippen LogP contribution in [-0.2, 0) is 23.0 Å². The van der Waals surface area contributed by atoms with Crippen LogP contribution in [0, 0.1) is 0 Å². The van der Waals surface area contributed by atoms with Gasteiger partial charge in [0.1, 0.15) is 6.04 Å². The van der Waals surface area contributed by atoms with Gasteiger partial charge in [-0.2, -0.15) is 0 Å². The topological polar surface area (TPSA) is 103 Å². The zero-order valence-electron chi connectivity index (χ0n) is 21.8. The average molecular weight is 604 g/mol. The van der Waals surface area contributed by atoms with Crippen LogP contribution in [0.1, 0.15) is 15.9 Å². The molecule has 12 heteroatoms. The molecule has 0 aliphatic carbocycles. The van der Waals surface area contributed by atoms with E-state index < -0.39 is 35.2 Å². The lowest BCUT2D eigenvalue weighted by Crippen LogP contribution is -2.43. The first-order chi connectivity index (χ1) is 19.0. The van der Waals surface area contributed by atoms with E-state index in [1.54, 1.807) is 49.5 Å².